The third-order valence-electron chi connectivity index (χ3n) is 4.44. The van der Waals surface area contributed by atoms with Crippen LogP contribution in [0, 0.1) is 26.6 Å². The Morgan fingerprint density at radius 2 is 2.00 bits per heavy atom. The average Bonchev–Trinajstić information content (AvgIpc) is 3.07. The van der Waals surface area contributed by atoms with Gasteiger partial charge in [0.1, 0.15) is 17.8 Å². The number of hydrogen-bond donors (Lipinski definition) is 2. The van der Waals surface area contributed by atoms with Crippen LogP contribution in [0.1, 0.15) is 27.4 Å². The number of nitrogens with zero attached hydrogens (tertiary/aromatic N) is 2. The number of halogens is 1. The topological polar surface area (TPSA) is 83.8 Å². The number of rotatable bonds is 2. The van der Waals surface area contributed by atoms with Crippen molar-refractivity contribution in [2.75, 3.05) is 5.32 Å². The maximum absolute atomic E-state index is 13.9. The highest BCUT2D eigenvalue weighted by Crippen LogP contribution is 2.29. The molecule has 0 aliphatic rings. The van der Waals surface area contributed by atoms with E-state index in [0.717, 1.165) is 16.6 Å². The molecule has 3 heterocycles. The molecule has 0 fully saturated rings. The molecule has 4 aromatic rings. The van der Waals surface area contributed by atoms with Crippen molar-refractivity contribution in [2.24, 2.45) is 0 Å². The molecule has 0 spiro atoms. The lowest BCUT2D eigenvalue weighted by molar-refractivity contribution is 0.0997. The summed E-state index contributed by atoms with van der Waals surface area (Å²) in [7, 11) is 0. The second-order valence-corrected chi connectivity index (χ2v) is 5.95. The van der Waals surface area contributed by atoms with Crippen molar-refractivity contribution in [1.82, 2.24) is 15.0 Å². The quantitative estimate of drug-likeness (QED) is 0.578. The van der Waals surface area contributed by atoms with Crippen molar-refractivity contribution >= 4 is 33.7 Å². The van der Waals surface area contributed by atoms with E-state index in [1.54, 1.807) is 19.1 Å². The maximum Gasteiger partial charge on any atom is 0.292 e. The Kier molecular flexibility index (Phi) is 3.31. The first-order valence-electron chi connectivity index (χ1n) is 7.76. The SMILES string of the molecule is Cc1[nH]c2ncnc(NC(=O)c3oc4c(F)cccc4c3C)c2c1C. The molecular formula is C18H15FN4O2. The van der Waals surface area contributed by atoms with Crippen molar-refractivity contribution in [1.29, 1.82) is 0 Å². The minimum atomic E-state index is -0.499. The minimum Gasteiger partial charge on any atom is -0.448 e. The summed E-state index contributed by atoms with van der Waals surface area (Å²) < 4.78 is 19.4. The Morgan fingerprint density at radius 3 is 2.76 bits per heavy atom. The van der Waals surface area contributed by atoms with E-state index in [4.69, 9.17) is 4.42 Å². The van der Waals surface area contributed by atoms with Gasteiger partial charge in [0, 0.05) is 16.6 Å². The molecule has 3 aromatic heterocycles. The number of para-hydroxylation sites is 1. The molecule has 4 rings (SSSR count). The Hall–Kier alpha value is -3.22. The largest absolute Gasteiger partial charge is 0.448 e. The molecular weight excluding hydrogens is 323 g/mol. The van der Waals surface area contributed by atoms with Crippen LogP contribution in [0.15, 0.2) is 28.9 Å². The van der Waals surface area contributed by atoms with Crippen molar-refractivity contribution in [3.8, 4) is 0 Å². The van der Waals surface area contributed by atoms with E-state index in [1.807, 2.05) is 13.8 Å². The highest BCUT2D eigenvalue weighted by Gasteiger charge is 2.21. The number of anilines is 1. The van der Waals surface area contributed by atoms with Crippen LogP contribution in [0.2, 0.25) is 0 Å². The van der Waals surface area contributed by atoms with Gasteiger partial charge in [-0.1, -0.05) is 12.1 Å². The van der Waals surface area contributed by atoms with Gasteiger partial charge in [-0.05, 0) is 32.4 Å². The van der Waals surface area contributed by atoms with Gasteiger partial charge in [-0.25, -0.2) is 14.4 Å². The van der Waals surface area contributed by atoms with Gasteiger partial charge in [-0.3, -0.25) is 4.79 Å². The van der Waals surface area contributed by atoms with Gasteiger partial charge in [0.15, 0.2) is 17.2 Å². The summed E-state index contributed by atoms with van der Waals surface area (Å²) in [5.41, 5.74) is 3.21. The first-order chi connectivity index (χ1) is 12.0. The Bertz CT molecular complexity index is 1140. The molecule has 126 valence electrons. The molecule has 0 radical (unpaired) electrons. The molecule has 25 heavy (non-hydrogen) atoms. The monoisotopic (exact) mass is 338 g/mol. The van der Waals surface area contributed by atoms with Crippen LogP contribution >= 0.6 is 0 Å². The number of aromatic amines is 1. The summed E-state index contributed by atoms with van der Waals surface area (Å²) in [6.45, 7) is 5.57. The summed E-state index contributed by atoms with van der Waals surface area (Å²) in [6.07, 6.45) is 1.37. The van der Waals surface area contributed by atoms with Crippen LogP contribution in [0.5, 0.6) is 0 Å². The van der Waals surface area contributed by atoms with Crippen molar-refractivity contribution in [3.63, 3.8) is 0 Å². The Morgan fingerprint density at radius 1 is 1.20 bits per heavy atom. The Labute approximate surface area is 142 Å². The third-order valence-corrected chi connectivity index (χ3v) is 4.44. The molecule has 1 aromatic carbocycles. The average molecular weight is 338 g/mol. The zero-order valence-electron chi connectivity index (χ0n) is 13.9. The van der Waals surface area contributed by atoms with Gasteiger partial charge >= 0.3 is 0 Å². The number of hydrogen-bond acceptors (Lipinski definition) is 4. The summed E-state index contributed by atoms with van der Waals surface area (Å²) in [5.74, 6) is -0.526. The molecule has 6 nitrogen and oxygen atoms in total. The van der Waals surface area contributed by atoms with Gasteiger partial charge in [-0.2, -0.15) is 0 Å². The number of aromatic nitrogens is 3. The molecule has 7 heteroatoms. The number of amides is 1. The lowest BCUT2D eigenvalue weighted by atomic mass is 10.1. The number of furan rings is 1. The lowest BCUT2D eigenvalue weighted by Crippen LogP contribution is -2.13. The number of aryl methyl sites for hydroxylation is 3. The second-order valence-electron chi connectivity index (χ2n) is 5.95. The predicted molar refractivity (Wildman–Crippen MR) is 92.2 cm³/mol. The van der Waals surface area contributed by atoms with Gasteiger partial charge in [-0.15, -0.1) is 0 Å². The molecule has 0 bridgehead atoms. The van der Waals surface area contributed by atoms with Crippen LogP contribution in [0.4, 0.5) is 10.2 Å². The summed E-state index contributed by atoms with van der Waals surface area (Å²) in [5, 5.41) is 4.07. The van der Waals surface area contributed by atoms with E-state index in [9.17, 15) is 9.18 Å². The molecule has 0 atom stereocenters. The molecule has 0 unspecified atom stereocenters. The van der Waals surface area contributed by atoms with E-state index in [-0.39, 0.29) is 11.3 Å². The molecule has 2 N–H and O–H groups in total. The van der Waals surface area contributed by atoms with Gasteiger partial charge < -0.3 is 14.7 Å². The smallest absolute Gasteiger partial charge is 0.292 e. The summed E-state index contributed by atoms with van der Waals surface area (Å²) in [4.78, 5) is 24.2. The highest BCUT2D eigenvalue weighted by atomic mass is 19.1. The van der Waals surface area contributed by atoms with Crippen LogP contribution in [-0.4, -0.2) is 20.9 Å². The van der Waals surface area contributed by atoms with E-state index in [0.29, 0.717) is 22.4 Å². The maximum atomic E-state index is 13.9. The van der Waals surface area contributed by atoms with E-state index in [2.05, 4.69) is 20.3 Å². The molecule has 0 saturated heterocycles. The van der Waals surface area contributed by atoms with Crippen molar-refractivity contribution < 1.29 is 13.6 Å². The standard InChI is InChI=1S/C18H15FN4O2/c1-8-10(3)22-16-13(8)17(21-7-20-16)23-18(24)14-9(2)11-5-4-6-12(19)15(11)25-14/h4-7H,1-3H3,(H2,20,21,22,23,24). The number of H-pyrrole nitrogens is 1. The minimum absolute atomic E-state index is 0.0665. The second kappa shape index (κ2) is 5.41. The molecule has 0 aliphatic carbocycles. The summed E-state index contributed by atoms with van der Waals surface area (Å²) in [6, 6.07) is 4.60. The number of carbonyl (C=O) groups excluding carboxylic acids is 1. The van der Waals surface area contributed by atoms with E-state index in [1.165, 1.54) is 12.4 Å². The fraction of sp³-hybridized carbons (Fsp3) is 0.167. The van der Waals surface area contributed by atoms with Crippen LogP contribution in [-0.2, 0) is 0 Å². The molecule has 0 aliphatic heterocycles. The normalized spacial score (nSPS) is 11.4. The zero-order valence-corrected chi connectivity index (χ0v) is 13.9. The fourth-order valence-electron chi connectivity index (χ4n) is 2.98. The number of carbonyl (C=O) groups is 1. The summed E-state index contributed by atoms with van der Waals surface area (Å²) >= 11 is 0. The predicted octanol–water partition coefficient (Wildman–Crippen LogP) is 4.02. The highest BCUT2D eigenvalue weighted by molar-refractivity contribution is 6.09. The zero-order chi connectivity index (χ0) is 17.7. The fourth-order valence-corrected chi connectivity index (χ4v) is 2.98. The van der Waals surface area contributed by atoms with E-state index >= 15 is 0 Å². The van der Waals surface area contributed by atoms with Gasteiger partial charge in [0.05, 0.1) is 5.39 Å². The van der Waals surface area contributed by atoms with Crippen LogP contribution in [0.3, 0.4) is 0 Å². The number of benzene rings is 1. The van der Waals surface area contributed by atoms with Crippen molar-refractivity contribution in [2.45, 2.75) is 20.8 Å². The van der Waals surface area contributed by atoms with Crippen molar-refractivity contribution in [3.05, 3.63) is 52.9 Å². The third kappa shape index (κ3) is 2.27. The van der Waals surface area contributed by atoms with Gasteiger partial charge in [0.2, 0.25) is 0 Å². The van der Waals surface area contributed by atoms with E-state index < -0.39 is 11.7 Å². The number of nitrogens with one attached hydrogen (secondary N) is 2. The first-order valence-corrected chi connectivity index (χ1v) is 7.76. The first kappa shape index (κ1) is 15.3. The lowest BCUT2D eigenvalue weighted by Gasteiger charge is -2.05. The molecule has 1 amide bonds. The Balaban J connectivity index is 1.79. The molecule has 0 saturated carbocycles. The van der Waals surface area contributed by atoms with Gasteiger partial charge in [0.25, 0.3) is 5.91 Å². The van der Waals surface area contributed by atoms with Crippen LogP contribution in [0.25, 0.3) is 22.0 Å². The number of fused-ring (bicyclic) bond motifs is 2. The van der Waals surface area contributed by atoms with Crippen LogP contribution < -0.4 is 5.32 Å².